The minimum atomic E-state index is -0.934. The van der Waals surface area contributed by atoms with Crippen LogP contribution in [-0.4, -0.2) is 10.7 Å². The van der Waals surface area contributed by atoms with Crippen molar-refractivity contribution in [2.45, 2.75) is 19.4 Å². The van der Waals surface area contributed by atoms with Gasteiger partial charge in [0.25, 0.3) is 0 Å². The summed E-state index contributed by atoms with van der Waals surface area (Å²) in [5, 5.41) is 8.99. The SMILES string of the molecule is CC(C)(O)C#CC#CBr. The predicted molar refractivity (Wildman–Crippen MR) is 40.8 cm³/mol. The van der Waals surface area contributed by atoms with E-state index < -0.39 is 5.60 Å². The van der Waals surface area contributed by atoms with Gasteiger partial charge < -0.3 is 5.11 Å². The zero-order valence-electron chi connectivity index (χ0n) is 5.33. The molecule has 0 atom stereocenters. The van der Waals surface area contributed by atoms with Crippen molar-refractivity contribution in [1.82, 2.24) is 0 Å². The summed E-state index contributed by atoms with van der Waals surface area (Å²) in [7, 11) is 0. The summed E-state index contributed by atoms with van der Waals surface area (Å²) in [5.41, 5.74) is -0.934. The molecule has 0 rings (SSSR count). The molecule has 0 spiro atoms. The third kappa shape index (κ3) is 7.56. The molecule has 48 valence electrons. The van der Waals surface area contributed by atoms with Crippen LogP contribution in [-0.2, 0) is 0 Å². The standard InChI is InChI=1S/C7H7BrO/c1-7(2,9)5-3-4-6-8/h9H,1-2H3. The van der Waals surface area contributed by atoms with E-state index in [1.54, 1.807) is 13.8 Å². The first-order valence-electron chi connectivity index (χ1n) is 2.41. The quantitative estimate of drug-likeness (QED) is 0.563. The highest BCUT2D eigenvalue weighted by Crippen LogP contribution is 1.95. The van der Waals surface area contributed by atoms with Crippen LogP contribution in [0.25, 0.3) is 0 Å². The monoisotopic (exact) mass is 186 g/mol. The molecule has 0 aliphatic carbocycles. The largest absolute Gasteiger partial charge is 0.378 e. The third-order valence-electron chi connectivity index (χ3n) is 0.478. The molecular weight excluding hydrogens is 180 g/mol. The minimum Gasteiger partial charge on any atom is -0.378 e. The maximum atomic E-state index is 8.99. The molecule has 0 bridgehead atoms. The Hall–Kier alpha value is -0.440. The van der Waals surface area contributed by atoms with Gasteiger partial charge in [0, 0.05) is 15.9 Å². The Kier molecular flexibility index (Phi) is 3.39. The Bertz CT molecular complexity index is 191. The van der Waals surface area contributed by atoms with Crippen molar-refractivity contribution in [2.24, 2.45) is 0 Å². The van der Waals surface area contributed by atoms with E-state index in [4.69, 9.17) is 5.11 Å². The lowest BCUT2D eigenvalue weighted by atomic mass is 10.1. The third-order valence-corrected chi connectivity index (χ3v) is 0.676. The molecule has 0 saturated carbocycles. The molecule has 0 aromatic rings. The average Bonchev–Trinajstić information content (AvgIpc) is 1.63. The van der Waals surface area contributed by atoms with Crippen molar-refractivity contribution < 1.29 is 5.11 Å². The van der Waals surface area contributed by atoms with Crippen LogP contribution in [0, 0.1) is 22.6 Å². The summed E-state index contributed by atoms with van der Waals surface area (Å²) in [6, 6.07) is 0. The maximum Gasteiger partial charge on any atom is 0.120 e. The van der Waals surface area contributed by atoms with Gasteiger partial charge >= 0.3 is 0 Å². The Labute approximate surface area is 63.6 Å². The summed E-state index contributed by atoms with van der Waals surface area (Å²) in [4.78, 5) is 2.42. The molecule has 0 aromatic heterocycles. The van der Waals surface area contributed by atoms with Crippen LogP contribution >= 0.6 is 15.9 Å². The van der Waals surface area contributed by atoms with E-state index in [0.717, 1.165) is 0 Å². The van der Waals surface area contributed by atoms with Crippen LogP contribution in [0.4, 0.5) is 0 Å². The second-order valence-corrected chi connectivity index (χ2v) is 2.43. The first-order valence-corrected chi connectivity index (χ1v) is 3.21. The van der Waals surface area contributed by atoms with Crippen LogP contribution in [0.2, 0.25) is 0 Å². The van der Waals surface area contributed by atoms with E-state index in [1.807, 2.05) is 0 Å². The van der Waals surface area contributed by atoms with Crippen molar-refractivity contribution in [3.63, 3.8) is 0 Å². The first-order chi connectivity index (χ1) is 4.06. The van der Waals surface area contributed by atoms with Crippen LogP contribution < -0.4 is 0 Å². The normalized spacial score (nSPS) is 8.44. The van der Waals surface area contributed by atoms with Gasteiger partial charge in [-0.15, -0.1) is 0 Å². The molecule has 0 fully saturated rings. The lowest BCUT2D eigenvalue weighted by Gasteiger charge is -2.04. The summed E-state index contributed by atoms with van der Waals surface area (Å²) in [6.45, 7) is 3.21. The molecule has 1 nitrogen and oxygen atoms in total. The molecule has 0 aliphatic rings. The predicted octanol–water partition coefficient (Wildman–Crippen LogP) is 1.12. The molecule has 9 heavy (non-hydrogen) atoms. The van der Waals surface area contributed by atoms with Crippen molar-refractivity contribution in [3.8, 4) is 22.6 Å². The van der Waals surface area contributed by atoms with Crippen LogP contribution in [0.15, 0.2) is 0 Å². The molecule has 1 N–H and O–H groups in total. The lowest BCUT2D eigenvalue weighted by Crippen LogP contribution is -2.14. The van der Waals surface area contributed by atoms with Gasteiger partial charge in [0.2, 0.25) is 0 Å². The second-order valence-electron chi connectivity index (χ2n) is 2.03. The van der Waals surface area contributed by atoms with Crippen LogP contribution in [0.3, 0.4) is 0 Å². The van der Waals surface area contributed by atoms with Gasteiger partial charge in [-0.1, -0.05) is 5.92 Å². The zero-order chi connectivity index (χ0) is 7.33. The van der Waals surface area contributed by atoms with Crippen LogP contribution in [0.1, 0.15) is 13.8 Å². The highest BCUT2D eigenvalue weighted by molar-refractivity contribution is 9.12. The highest BCUT2D eigenvalue weighted by atomic mass is 79.9. The van der Waals surface area contributed by atoms with E-state index in [0.29, 0.717) is 0 Å². The summed E-state index contributed by atoms with van der Waals surface area (Å²) < 4.78 is 0. The van der Waals surface area contributed by atoms with E-state index in [1.165, 1.54) is 0 Å². The highest BCUT2D eigenvalue weighted by Gasteiger charge is 2.04. The number of aliphatic hydroxyl groups is 1. The molecule has 0 unspecified atom stereocenters. The van der Waals surface area contributed by atoms with Crippen molar-refractivity contribution >= 4 is 15.9 Å². The number of hydrogen-bond acceptors (Lipinski definition) is 1. The topological polar surface area (TPSA) is 20.2 Å². The lowest BCUT2D eigenvalue weighted by molar-refractivity contribution is 0.143. The van der Waals surface area contributed by atoms with Gasteiger partial charge in [-0.3, -0.25) is 0 Å². The van der Waals surface area contributed by atoms with E-state index >= 15 is 0 Å². The van der Waals surface area contributed by atoms with Gasteiger partial charge in [-0.05, 0) is 30.5 Å². The van der Waals surface area contributed by atoms with Gasteiger partial charge in [0.15, 0.2) is 0 Å². The summed E-state index contributed by atoms with van der Waals surface area (Å²) in [5.74, 6) is 7.44. The fourth-order valence-corrected chi connectivity index (χ4v) is 0.307. The van der Waals surface area contributed by atoms with Gasteiger partial charge in [-0.2, -0.15) is 0 Å². The Morgan fingerprint density at radius 2 is 1.89 bits per heavy atom. The van der Waals surface area contributed by atoms with E-state index in [2.05, 4.69) is 38.5 Å². The molecule has 2 heteroatoms. The van der Waals surface area contributed by atoms with Crippen molar-refractivity contribution in [1.29, 1.82) is 0 Å². The van der Waals surface area contributed by atoms with E-state index in [-0.39, 0.29) is 0 Å². The molecule has 0 saturated heterocycles. The van der Waals surface area contributed by atoms with Gasteiger partial charge in [0.1, 0.15) is 5.60 Å². The number of halogens is 1. The molecule has 0 aromatic carbocycles. The smallest absolute Gasteiger partial charge is 0.120 e. The van der Waals surface area contributed by atoms with Crippen molar-refractivity contribution in [3.05, 3.63) is 0 Å². The first kappa shape index (κ1) is 8.56. The Balaban J connectivity index is 3.99. The Morgan fingerprint density at radius 1 is 1.33 bits per heavy atom. The molecule has 0 heterocycles. The Morgan fingerprint density at radius 3 is 2.22 bits per heavy atom. The van der Waals surface area contributed by atoms with E-state index in [9.17, 15) is 0 Å². The van der Waals surface area contributed by atoms with Gasteiger partial charge in [-0.25, -0.2) is 0 Å². The molecular formula is C7H7BrO. The fourth-order valence-electron chi connectivity index (χ4n) is 0.208. The van der Waals surface area contributed by atoms with Gasteiger partial charge in [0.05, 0.1) is 0 Å². The molecule has 0 radical (unpaired) electrons. The number of hydrogen-bond donors (Lipinski definition) is 1. The maximum absolute atomic E-state index is 8.99. The fraction of sp³-hybridized carbons (Fsp3) is 0.429. The zero-order valence-corrected chi connectivity index (χ0v) is 6.91. The van der Waals surface area contributed by atoms with Crippen LogP contribution in [0.5, 0.6) is 0 Å². The summed E-state index contributed by atoms with van der Waals surface area (Å²) >= 11 is 2.87. The average molecular weight is 187 g/mol. The summed E-state index contributed by atoms with van der Waals surface area (Å²) in [6.07, 6.45) is 0. The second kappa shape index (κ2) is 3.56. The molecule has 0 amide bonds. The minimum absolute atomic E-state index is 0.934. The number of rotatable bonds is 0. The van der Waals surface area contributed by atoms with Crippen molar-refractivity contribution in [2.75, 3.05) is 0 Å². The molecule has 0 aliphatic heterocycles.